The van der Waals surface area contributed by atoms with Gasteiger partial charge in [0.25, 0.3) is 0 Å². The Kier molecular flexibility index (Phi) is 6.51. The Morgan fingerprint density at radius 3 is 2.46 bits per heavy atom. The number of rotatable bonds is 7. The van der Waals surface area contributed by atoms with Crippen LogP contribution in [0, 0.1) is 0 Å². The molecule has 8 nitrogen and oxygen atoms in total. The molecule has 0 aliphatic rings. The topological polar surface area (TPSA) is 106 Å². The fourth-order valence-corrected chi connectivity index (χ4v) is 3.19. The number of benzene rings is 1. The molecule has 138 valence electrons. The quantitative estimate of drug-likeness (QED) is 0.569. The minimum Gasteiger partial charge on any atom is -0.326 e. The molecule has 0 unspecified atom stereocenters. The van der Waals surface area contributed by atoms with E-state index >= 15 is 0 Å². The number of thioether (sulfide) groups is 1. The minimum atomic E-state index is -0.300. The summed E-state index contributed by atoms with van der Waals surface area (Å²) in [5.74, 6) is -0.545. The zero-order valence-electron chi connectivity index (χ0n) is 15.1. The lowest BCUT2D eigenvalue weighted by Crippen LogP contribution is -2.14. The van der Waals surface area contributed by atoms with Crippen molar-refractivity contribution < 1.29 is 14.4 Å². The van der Waals surface area contributed by atoms with Gasteiger partial charge in [0.05, 0.1) is 11.4 Å². The molecule has 1 heterocycles. The average Bonchev–Trinajstić information content (AvgIpc) is 3.00. The molecule has 0 saturated heterocycles. The second-order valence-electron chi connectivity index (χ2n) is 5.95. The van der Waals surface area contributed by atoms with Crippen molar-refractivity contribution in [3.05, 3.63) is 30.1 Å². The maximum absolute atomic E-state index is 12.6. The molecule has 0 radical (unpaired) electrons. The Labute approximate surface area is 155 Å². The number of aromatic nitrogens is 3. The SMILES string of the molecule is CC(=O)Nc1ccc(C(=O)CSc2nncn2C(C)C)c(NC(C)=O)c1. The summed E-state index contributed by atoms with van der Waals surface area (Å²) in [7, 11) is 0. The minimum absolute atomic E-state index is 0.150. The van der Waals surface area contributed by atoms with Crippen molar-refractivity contribution in [3.8, 4) is 0 Å². The van der Waals surface area contributed by atoms with Gasteiger partial charge in [0.15, 0.2) is 10.9 Å². The zero-order valence-corrected chi connectivity index (χ0v) is 15.9. The Morgan fingerprint density at radius 1 is 1.15 bits per heavy atom. The first-order valence-electron chi connectivity index (χ1n) is 8.02. The standard InChI is InChI=1S/C17H21N5O3S/c1-10(2)22-9-18-21-17(22)26-8-16(25)14-6-5-13(19-11(3)23)7-15(14)20-12(4)24/h5-7,9-10H,8H2,1-4H3,(H,19,23)(H,20,24). The molecule has 26 heavy (non-hydrogen) atoms. The molecule has 0 saturated carbocycles. The summed E-state index contributed by atoms with van der Waals surface area (Å²) in [6, 6.07) is 4.97. The first-order chi connectivity index (χ1) is 12.3. The second-order valence-corrected chi connectivity index (χ2v) is 6.89. The van der Waals surface area contributed by atoms with Gasteiger partial charge in [-0.05, 0) is 32.0 Å². The van der Waals surface area contributed by atoms with Crippen LogP contribution < -0.4 is 10.6 Å². The summed E-state index contributed by atoms with van der Waals surface area (Å²) >= 11 is 1.28. The predicted octanol–water partition coefficient (Wildman–Crippen LogP) is 2.75. The van der Waals surface area contributed by atoms with Crippen molar-refractivity contribution in [1.82, 2.24) is 14.8 Å². The van der Waals surface area contributed by atoms with E-state index in [0.717, 1.165) is 0 Å². The number of amides is 2. The highest BCUT2D eigenvalue weighted by atomic mass is 32.2. The Hall–Kier alpha value is -2.68. The summed E-state index contributed by atoms with van der Waals surface area (Å²) in [5, 5.41) is 13.8. The van der Waals surface area contributed by atoms with Gasteiger partial charge in [-0.2, -0.15) is 0 Å². The van der Waals surface area contributed by atoms with Crippen LogP contribution in [0.5, 0.6) is 0 Å². The first kappa shape index (κ1) is 19.6. The van der Waals surface area contributed by atoms with Crippen LogP contribution in [-0.2, 0) is 9.59 Å². The van der Waals surface area contributed by atoms with Gasteiger partial charge in [-0.15, -0.1) is 10.2 Å². The summed E-state index contributed by atoms with van der Waals surface area (Å²) in [4.78, 5) is 35.3. The molecule has 1 aromatic carbocycles. The molecule has 0 atom stereocenters. The van der Waals surface area contributed by atoms with Crippen molar-refractivity contribution in [3.63, 3.8) is 0 Å². The van der Waals surface area contributed by atoms with Gasteiger partial charge in [-0.3, -0.25) is 14.4 Å². The molecule has 0 aliphatic carbocycles. The highest BCUT2D eigenvalue weighted by Crippen LogP contribution is 2.25. The van der Waals surface area contributed by atoms with Crippen LogP contribution in [0.1, 0.15) is 44.1 Å². The lowest BCUT2D eigenvalue weighted by Gasteiger charge is -2.12. The van der Waals surface area contributed by atoms with Crippen LogP contribution in [-0.4, -0.2) is 38.1 Å². The van der Waals surface area contributed by atoms with E-state index < -0.39 is 0 Å². The molecule has 0 spiro atoms. The van der Waals surface area contributed by atoms with Gasteiger partial charge in [-0.25, -0.2) is 0 Å². The van der Waals surface area contributed by atoms with Gasteiger partial charge < -0.3 is 15.2 Å². The number of Topliss-reactive ketones (excluding diaryl/α,β-unsaturated/α-hetero) is 1. The summed E-state index contributed by atoms with van der Waals surface area (Å²) < 4.78 is 1.88. The summed E-state index contributed by atoms with van der Waals surface area (Å²) in [6.45, 7) is 6.76. The van der Waals surface area contributed by atoms with Crippen LogP contribution in [0.4, 0.5) is 11.4 Å². The van der Waals surface area contributed by atoms with Gasteiger partial charge in [0.1, 0.15) is 6.33 Å². The number of hydrogen-bond donors (Lipinski definition) is 2. The van der Waals surface area contributed by atoms with E-state index in [2.05, 4.69) is 20.8 Å². The van der Waals surface area contributed by atoms with Crippen LogP contribution in [0.15, 0.2) is 29.7 Å². The zero-order chi connectivity index (χ0) is 19.3. The lowest BCUT2D eigenvalue weighted by atomic mass is 10.1. The third-order valence-electron chi connectivity index (χ3n) is 3.38. The smallest absolute Gasteiger partial charge is 0.221 e. The maximum Gasteiger partial charge on any atom is 0.221 e. The normalized spacial score (nSPS) is 10.7. The van der Waals surface area contributed by atoms with Crippen LogP contribution in [0.3, 0.4) is 0 Å². The van der Waals surface area contributed by atoms with Crippen molar-refractivity contribution in [2.24, 2.45) is 0 Å². The van der Waals surface area contributed by atoms with E-state index in [-0.39, 0.29) is 29.4 Å². The highest BCUT2D eigenvalue weighted by molar-refractivity contribution is 7.99. The van der Waals surface area contributed by atoms with E-state index in [4.69, 9.17) is 0 Å². The summed E-state index contributed by atoms with van der Waals surface area (Å²) in [5.41, 5.74) is 1.24. The molecular weight excluding hydrogens is 354 g/mol. The molecule has 1 aromatic heterocycles. The van der Waals surface area contributed by atoms with E-state index in [9.17, 15) is 14.4 Å². The molecule has 2 rings (SSSR count). The fourth-order valence-electron chi connectivity index (χ4n) is 2.26. The first-order valence-corrected chi connectivity index (χ1v) is 9.01. The van der Waals surface area contributed by atoms with Gasteiger partial charge in [0, 0.05) is 31.1 Å². The van der Waals surface area contributed by atoms with Crippen molar-refractivity contribution in [2.75, 3.05) is 16.4 Å². The number of ketones is 1. The largest absolute Gasteiger partial charge is 0.326 e. The van der Waals surface area contributed by atoms with Crippen LogP contribution in [0.2, 0.25) is 0 Å². The number of carbonyl (C=O) groups is 3. The molecule has 2 aromatic rings. The third-order valence-corrected chi connectivity index (χ3v) is 4.34. The molecule has 2 N–H and O–H groups in total. The molecule has 0 bridgehead atoms. The lowest BCUT2D eigenvalue weighted by molar-refractivity contribution is -0.115. The predicted molar refractivity (Wildman–Crippen MR) is 101 cm³/mol. The van der Waals surface area contributed by atoms with Crippen molar-refractivity contribution in [1.29, 1.82) is 0 Å². The van der Waals surface area contributed by atoms with E-state index in [1.54, 1.807) is 24.5 Å². The number of carbonyl (C=O) groups excluding carboxylic acids is 3. The Morgan fingerprint density at radius 2 is 1.85 bits per heavy atom. The van der Waals surface area contributed by atoms with Crippen molar-refractivity contribution >= 4 is 40.7 Å². The van der Waals surface area contributed by atoms with Crippen LogP contribution >= 0.6 is 11.8 Å². The highest BCUT2D eigenvalue weighted by Gasteiger charge is 2.16. The Bertz CT molecular complexity index is 832. The van der Waals surface area contributed by atoms with Crippen molar-refractivity contribution in [2.45, 2.75) is 38.9 Å². The van der Waals surface area contributed by atoms with E-state index in [1.807, 2.05) is 18.4 Å². The average molecular weight is 375 g/mol. The van der Waals surface area contributed by atoms with Crippen LogP contribution in [0.25, 0.3) is 0 Å². The van der Waals surface area contributed by atoms with Gasteiger partial charge >= 0.3 is 0 Å². The molecule has 0 fully saturated rings. The molecule has 2 amide bonds. The van der Waals surface area contributed by atoms with E-state index in [0.29, 0.717) is 22.1 Å². The number of hydrogen-bond acceptors (Lipinski definition) is 6. The molecular formula is C17H21N5O3S. The van der Waals surface area contributed by atoms with E-state index in [1.165, 1.54) is 25.6 Å². The Balaban J connectivity index is 2.19. The molecule has 9 heteroatoms. The van der Waals surface area contributed by atoms with Gasteiger partial charge in [0.2, 0.25) is 11.8 Å². The monoisotopic (exact) mass is 375 g/mol. The molecule has 0 aliphatic heterocycles. The fraction of sp³-hybridized carbons (Fsp3) is 0.353. The summed E-state index contributed by atoms with van der Waals surface area (Å²) in [6.07, 6.45) is 1.63. The maximum atomic E-state index is 12.6. The van der Waals surface area contributed by atoms with Gasteiger partial charge in [-0.1, -0.05) is 11.8 Å². The number of nitrogens with zero attached hydrogens (tertiary/aromatic N) is 3. The second kappa shape index (κ2) is 8.61. The third kappa shape index (κ3) is 5.16. The number of nitrogens with one attached hydrogen (secondary N) is 2. The number of anilines is 2.